The minimum Gasteiger partial charge on any atom is -0.497 e. The third-order valence-corrected chi connectivity index (χ3v) is 4.85. The van der Waals surface area contributed by atoms with E-state index in [1.165, 1.54) is 6.33 Å². The van der Waals surface area contributed by atoms with Crippen LogP contribution in [0.4, 0.5) is 5.95 Å². The Kier molecular flexibility index (Phi) is 4.16. The molecule has 3 aromatic rings. The number of methoxy groups -OCH3 is 1. The van der Waals surface area contributed by atoms with E-state index in [1.807, 2.05) is 47.1 Å². The highest BCUT2D eigenvalue weighted by Crippen LogP contribution is 2.41. The smallest absolute Gasteiger partial charge is 0.231 e. The third-order valence-electron chi connectivity index (χ3n) is 4.85. The van der Waals surface area contributed by atoms with Crippen LogP contribution in [-0.2, 0) is 4.79 Å². The number of amides is 1. The molecule has 0 saturated heterocycles. The number of carbonyl (C=O) groups excluding carboxylic acids is 1. The Balaban J connectivity index is 1.81. The van der Waals surface area contributed by atoms with Gasteiger partial charge in [0.15, 0.2) is 0 Å². The van der Waals surface area contributed by atoms with Crippen molar-refractivity contribution in [3.63, 3.8) is 0 Å². The van der Waals surface area contributed by atoms with Crippen LogP contribution >= 0.6 is 0 Å². The molecule has 0 N–H and O–H groups in total. The van der Waals surface area contributed by atoms with Crippen LogP contribution in [0.2, 0.25) is 0 Å². The molecule has 2 atom stereocenters. The summed E-state index contributed by atoms with van der Waals surface area (Å²) in [6.07, 6.45) is 2.24. The first-order valence-corrected chi connectivity index (χ1v) is 8.57. The Hall–Kier alpha value is -3.15. The summed E-state index contributed by atoms with van der Waals surface area (Å²) >= 11 is 0. The van der Waals surface area contributed by atoms with Crippen molar-refractivity contribution in [2.45, 2.75) is 25.4 Å². The molecular formula is C20H20N4O2. The number of fused-ring (bicyclic) bond motifs is 1. The zero-order chi connectivity index (χ0) is 18.1. The highest BCUT2D eigenvalue weighted by Gasteiger charge is 2.37. The molecule has 2 heterocycles. The first kappa shape index (κ1) is 16.3. The van der Waals surface area contributed by atoms with Gasteiger partial charge in [0.25, 0.3) is 0 Å². The number of benzene rings is 2. The molecule has 0 unspecified atom stereocenters. The van der Waals surface area contributed by atoms with Gasteiger partial charge in [-0.25, -0.2) is 4.68 Å². The lowest BCUT2D eigenvalue weighted by Crippen LogP contribution is -2.41. The minimum absolute atomic E-state index is 0.000729. The van der Waals surface area contributed by atoms with E-state index in [-0.39, 0.29) is 18.0 Å². The monoisotopic (exact) mass is 348 g/mol. The molecule has 0 saturated carbocycles. The number of anilines is 1. The van der Waals surface area contributed by atoms with E-state index in [0.29, 0.717) is 5.95 Å². The quantitative estimate of drug-likeness (QED) is 0.728. The SMILES string of the molecule is COc1ccc([C@@H]2C[C@H](c3ccccc3)N(C(C)=O)c3ncnn32)cc1. The van der Waals surface area contributed by atoms with Gasteiger partial charge in [0.05, 0.1) is 19.2 Å². The fraction of sp³-hybridized carbons (Fsp3) is 0.250. The molecule has 1 aliphatic heterocycles. The van der Waals surface area contributed by atoms with Crippen LogP contribution in [0.25, 0.3) is 0 Å². The van der Waals surface area contributed by atoms with Crippen LogP contribution in [0.3, 0.4) is 0 Å². The molecule has 0 radical (unpaired) electrons. The Morgan fingerprint density at radius 1 is 1.04 bits per heavy atom. The molecule has 0 bridgehead atoms. The van der Waals surface area contributed by atoms with Gasteiger partial charge in [-0.1, -0.05) is 42.5 Å². The van der Waals surface area contributed by atoms with E-state index in [1.54, 1.807) is 18.9 Å². The predicted octanol–water partition coefficient (Wildman–Crippen LogP) is 3.37. The van der Waals surface area contributed by atoms with Crippen molar-refractivity contribution in [3.05, 3.63) is 72.1 Å². The molecule has 1 amide bonds. The van der Waals surface area contributed by atoms with Gasteiger partial charge in [0.1, 0.15) is 12.1 Å². The molecule has 0 aliphatic carbocycles. The maximum absolute atomic E-state index is 12.4. The summed E-state index contributed by atoms with van der Waals surface area (Å²) in [6, 6.07) is 18.0. The van der Waals surface area contributed by atoms with E-state index in [0.717, 1.165) is 23.3 Å². The highest BCUT2D eigenvalue weighted by atomic mass is 16.5. The molecule has 1 aromatic heterocycles. The predicted molar refractivity (Wildman–Crippen MR) is 98.1 cm³/mol. The zero-order valence-electron chi connectivity index (χ0n) is 14.7. The van der Waals surface area contributed by atoms with Crippen LogP contribution in [-0.4, -0.2) is 27.8 Å². The second-order valence-corrected chi connectivity index (χ2v) is 6.34. The van der Waals surface area contributed by atoms with Crippen molar-refractivity contribution in [3.8, 4) is 5.75 Å². The van der Waals surface area contributed by atoms with Crippen molar-refractivity contribution in [2.75, 3.05) is 12.0 Å². The average Bonchev–Trinajstić information content (AvgIpc) is 3.17. The van der Waals surface area contributed by atoms with Gasteiger partial charge in [0.2, 0.25) is 11.9 Å². The number of ether oxygens (including phenoxy) is 1. The Morgan fingerprint density at radius 3 is 2.38 bits per heavy atom. The van der Waals surface area contributed by atoms with E-state index >= 15 is 0 Å². The molecule has 26 heavy (non-hydrogen) atoms. The summed E-state index contributed by atoms with van der Waals surface area (Å²) in [6.45, 7) is 1.57. The van der Waals surface area contributed by atoms with Gasteiger partial charge in [-0.3, -0.25) is 9.69 Å². The topological polar surface area (TPSA) is 60.2 Å². The summed E-state index contributed by atoms with van der Waals surface area (Å²) in [5, 5.41) is 4.40. The number of nitrogens with zero attached hydrogens (tertiary/aromatic N) is 4. The first-order valence-electron chi connectivity index (χ1n) is 8.57. The van der Waals surface area contributed by atoms with Crippen LogP contribution in [0.5, 0.6) is 5.75 Å². The fourth-order valence-corrected chi connectivity index (χ4v) is 3.62. The summed E-state index contributed by atoms with van der Waals surface area (Å²) in [7, 11) is 1.65. The van der Waals surface area contributed by atoms with Gasteiger partial charge in [0, 0.05) is 6.92 Å². The van der Waals surface area contributed by atoms with Crippen molar-refractivity contribution >= 4 is 11.9 Å². The van der Waals surface area contributed by atoms with Crippen molar-refractivity contribution in [1.82, 2.24) is 14.8 Å². The zero-order valence-corrected chi connectivity index (χ0v) is 14.7. The van der Waals surface area contributed by atoms with E-state index in [9.17, 15) is 4.79 Å². The van der Waals surface area contributed by atoms with E-state index < -0.39 is 0 Å². The Morgan fingerprint density at radius 2 is 1.73 bits per heavy atom. The van der Waals surface area contributed by atoms with Gasteiger partial charge < -0.3 is 4.74 Å². The minimum atomic E-state index is -0.0856. The van der Waals surface area contributed by atoms with E-state index in [4.69, 9.17) is 4.74 Å². The molecule has 0 spiro atoms. The van der Waals surface area contributed by atoms with E-state index in [2.05, 4.69) is 22.2 Å². The van der Waals surface area contributed by atoms with Crippen molar-refractivity contribution < 1.29 is 9.53 Å². The van der Waals surface area contributed by atoms with Crippen LogP contribution < -0.4 is 9.64 Å². The van der Waals surface area contributed by atoms with Crippen LogP contribution in [0.1, 0.15) is 36.6 Å². The van der Waals surface area contributed by atoms with Gasteiger partial charge in [-0.05, 0) is 29.7 Å². The normalized spacial score (nSPS) is 19.1. The fourth-order valence-electron chi connectivity index (χ4n) is 3.62. The summed E-state index contributed by atoms with van der Waals surface area (Å²) in [4.78, 5) is 18.5. The summed E-state index contributed by atoms with van der Waals surface area (Å²) in [5.74, 6) is 1.35. The lowest BCUT2D eigenvalue weighted by molar-refractivity contribution is -0.117. The number of carbonyl (C=O) groups is 1. The molecule has 132 valence electrons. The molecule has 1 aliphatic rings. The second-order valence-electron chi connectivity index (χ2n) is 6.34. The first-order chi connectivity index (χ1) is 12.7. The molecule has 0 fully saturated rings. The second kappa shape index (κ2) is 6.63. The maximum Gasteiger partial charge on any atom is 0.231 e. The summed E-state index contributed by atoms with van der Waals surface area (Å²) < 4.78 is 7.10. The summed E-state index contributed by atoms with van der Waals surface area (Å²) in [5.41, 5.74) is 2.21. The van der Waals surface area contributed by atoms with Gasteiger partial charge in [-0.2, -0.15) is 10.1 Å². The Labute approximate surface area is 152 Å². The molecule has 6 nitrogen and oxygen atoms in total. The largest absolute Gasteiger partial charge is 0.497 e. The van der Waals surface area contributed by atoms with Crippen LogP contribution in [0.15, 0.2) is 60.9 Å². The highest BCUT2D eigenvalue weighted by molar-refractivity contribution is 5.90. The molecule has 6 heteroatoms. The number of hydrogen-bond donors (Lipinski definition) is 0. The van der Waals surface area contributed by atoms with Crippen molar-refractivity contribution in [1.29, 1.82) is 0 Å². The molecule has 2 aromatic carbocycles. The Bertz CT molecular complexity index is 905. The third kappa shape index (κ3) is 2.73. The maximum atomic E-state index is 12.4. The van der Waals surface area contributed by atoms with Gasteiger partial charge in [-0.15, -0.1) is 0 Å². The number of aromatic nitrogens is 3. The lowest BCUT2D eigenvalue weighted by Gasteiger charge is -2.38. The molecule has 4 rings (SSSR count). The van der Waals surface area contributed by atoms with Gasteiger partial charge >= 0.3 is 0 Å². The standard InChI is InChI=1S/C20H20N4O2/c1-14(25)23-18(15-6-4-3-5-7-15)12-19(24-20(23)21-13-22-24)16-8-10-17(26-2)11-9-16/h3-11,13,18-19H,12H2,1-2H3/t18-,19+/m1/s1. The average molecular weight is 348 g/mol. The number of hydrogen-bond acceptors (Lipinski definition) is 4. The number of rotatable bonds is 3. The van der Waals surface area contributed by atoms with Crippen molar-refractivity contribution in [2.24, 2.45) is 0 Å². The molecular weight excluding hydrogens is 328 g/mol. The lowest BCUT2D eigenvalue weighted by atomic mass is 9.92. The van der Waals surface area contributed by atoms with Crippen LogP contribution in [0, 0.1) is 0 Å².